The molecule has 128 valence electrons. The van der Waals surface area contributed by atoms with Crippen LogP contribution in [-0.2, 0) is 14.4 Å². The van der Waals surface area contributed by atoms with Gasteiger partial charge in [-0.15, -0.1) is 0 Å². The fraction of sp³-hybridized carbons (Fsp3) is 0.500. The molecule has 1 aromatic carbocycles. The second-order valence-electron chi connectivity index (χ2n) is 6.78. The molecule has 2 fully saturated rings. The van der Waals surface area contributed by atoms with E-state index in [4.69, 9.17) is 0 Å². The molecule has 2 N–H and O–H groups in total. The predicted molar refractivity (Wildman–Crippen MR) is 91.7 cm³/mol. The van der Waals surface area contributed by atoms with Crippen LogP contribution in [0.2, 0.25) is 0 Å². The number of benzene rings is 1. The summed E-state index contributed by atoms with van der Waals surface area (Å²) in [5.41, 5.74) is 3.16. The van der Waals surface area contributed by atoms with Gasteiger partial charge in [-0.3, -0.25) is 14.4 Å². The van der Waals surface area contributed by atoms with Crippen molar-refractivity contribution in [1.29, 1.82) is 0 Å². The molecule has 1 aromatic rings. The molecule has 2 aliphatic rings. The highest BCUT2D eigenvalue weighted by Crippen LogP contribution is 2.33. The molecule has 1 heterocycles. The van der Waals surface area contributed by atoms with Gasteiger partial charge in [0.15, 0.2) is 0 Å². The van der Waals surface area contributed by atoms with Gasteiger partial charge in [-0.1, -0.05) is 6.07 Å². The average molecular weight is 329 g/mol. The van der Waals surface area contributed by atoms with Crippen molar-refractivity contribution in [2.75, 3.05) is 17.2 Å². The number of aryl methyl sites for hydroxylation is 1. The van der Waals surface area contributed by atoms with Crippen LogP contribution in [-0.4, -0.2) is 35.2 Å². The molecule has 3 rings (SSSR count). The lowest BCUT2D eigenvalue weighted by molar-refractivity contribution is -0.128. The van der Waals surface area contributed by atoms with Gasteiger partial charge in [0, 0.05) is 37.3 Å². The van der Waals surface area contributed by atoms with E-state index in [1.807, 2.05) is 30.9 Å². The minimum absolute atomic E-state index is 0.0808. The highest BCUT2D eigenvalue weighted by molar-refractivity contribution is 5.99. The molecular formula is C18H23N3O3. The Labute approximate surface area is 141 Å². The molecule has 0 radical (unpaired) electrons. The Kier molecular flexibility index (Phi) is 4.30. The number of likely N-dealkylation sites (tertiary alicyclic amines) is 1. The predicted octanol–water partition coefficient (Wildman–Crippen LogP) is 2.21. The number of carbonyl (C=O) groups excluding carboxylic acids is 3. The summed E-state index contributed by atoms with van der Waals surface area (Å²) in [6.07, 6.45) is 2.39. The maximum Gasteiger partial charge on any atom is 0.229 e. The van der Waals surface area contributed by atoms with E-state index in [1.54, 1.807) is 0 Å². The summed E-state index contributed by atoms with van der Waals surface area (Å²) < 4.78 is 0. The molecule has 0 bridgehead atoms. The molecule has 1 saturated carbocycles. The van der Waals surface area contributed by atoms with Gasteiger partial charge in [0.1, 0.15) is 0 Å². The van der Waals surface area contributed by atoms with E-state index in [1.165, 1.54) is 6.92 Å². The van der Waals surface area contributed by atoms with Crippen molar-refractivity contribution in [3.63, 3.8) is 0 Å². The van der Waals surface area contributed by atoms with Gasteiger partial charge < -0.3 is 15.5 Å². The van der Waals surface area contributed by atoms with Gasteiger partial charge in [-0.05, 0) is 43.9 Å². The summed E-state index contributed by atoms with van der Waals surface area (Å²) >= 11 is 0. The van der Waals surface area contributed by atoms with E-state index in [0.717, 1.165) is 29.7 Å². The Hall–Kier alpha value is -2.37. The molecule has 1 atom stereocenters. The second-order valence-corrected chi connectivity index (χ2v) is 6.78. The number of amides is 3. The van der Waals surface area contributed by atoms with E-state index >= 15 is 0 Å². The van der Waals surface area contributed by atoms with Crippen molar-refractivity contribution < 1.29 is 14.4 Å². The van der Waals surface area contributed by atoms with Crippen molar-refractivity contribution in [3.05, 3.63) is 23.3 Å². The normalized spacial score (nSPS) is 20.2. The van der Waals surface area contributed by atoms with Crippen LogP contribution in [0.4, 0.5) is 11.4 Å². The zero-order chi connectivity index (χ0) is 17.4. The number of carbonyl (C=O) groups is 3. The molecule has 1 aliphatic carbocycles. The third kappa shape index (κ3) is 3.27. The SMILES string of the molecule is CC(=O)Nc1c(C)ccc(NC(=O)C2CC(=O)N(C3CC3)C2)c1C. The van der Waals surface area contributed by atoms with Crippen molar-refractivity contribution >= 4 is 29.1 Å². The van der Waals surface area contributed by atoms with E-state index in [0.29, 0.717) is 18.3 Å². The lowest BCUT2D eigenvalue weighted by Crippen LogP contribution is -2.30. The third-order valence-corrected chi connectivity index (χ3v) is 4.75. The summed E-state index contributed by atoms with van der Waals surface area (Å²) in [6, 6.07) is 4.05. The quantitative estimate of drug-likeness (QED) is 0.889. The van der Waals surface area contributed by atoms with Gasteiger partial charge >= 0.3 is 0 Å². The second kappa shape index (κ2) is 6.26. The summed E-state index contributed by atoms with van der Waals surface area (Å²) in [5, 5.41) is 5.73. The van der Waals surface area contributed by atoms with Crippen LogP contribution >= 0.6 is 0 Å². The highest BCUT2D eigenvalue weighted by atomic mass is 16.2. The lowest BCUT2D eigenvalue weighted by Gasteiger charge is -2.18. The first kappa shape index (κ1) is 16.5. The average Bonchev–Trinajstić information content (AvgIpc) is 3.28. The van der Waals surface area contributed by atoms with E-state index in [2.05, 4.69) is 10.6 Å². The Bertz CT molecular complexity index is 710. The highest BCUT2D eigenvalue weighted by Gasteiger charge is 2.41. The molecule has 1 aliphatic heterocycles. The molecule has 0 spiro atoms. The van der Waals surface area contributed by atoms with Gasteiger partial charge in [0.25, 0.3) is 0 Å². The first-order valence-corrected chi connectivity index (χ1v) is 8.35. The standard InChI is InChI=1S/C18H23N3O3/c1-10-4-7-15(11(2)17(10)19-12(3)22)20-18(24)13-8-16(23)21(9-13)14-5-6-14/h4,7,13-14H,5-6,8-9H2,1-3H3,(H,19,22)(H,20,24). The molecule has 6 heteroatoms. The van der Waals surface area contributed by atoms with E-state index in [9.17, 15) is 14.4 Å². The molecule has 0 aromatic heterocycles. The van der Waals surface area contributed by atoms with Crippen LogP contribution in [0.1, 0.15) is 37.3 Å². The smallest absolute Gasteiger partial charge is 0.229 e. The number of hydrogen-bond donors (Lipinski definition) is 2. The number of anilines is 2. The number of rotatable bonds is 4. The molecule has 3 amide bonds. The fourth-order valence-corrected chi connectivity index (χ4v) is 3.23. The first-order chi connectivity index (χ1) is 11.4. The zero-order valence-corrected chi connectivity index (χ0v) is 14.3. The zero-order valence-electron chi connectivity index (χ0n) is 14.3. The lowest BCUT2D eigenvalue weighted by atomic mass is 10.0. The van der Waals surface area contributed by atoms with Crippen molar-refractivity contribution in [2.45, 2.75) is 46.1 Å². The van der Waals surface area contributed by atoms with Crippen LogP contribution in [0.5, 0.6) is 0 Å². The van der Waals surface area contributed by atoms with Crippen LogP contribution in [0.3, 0.4) is 0 Å². The molecule has 6 nitrogen and oxygen atoms in total. The summed E-state index contributed by atoms with van der Waals surface area (Å²) in [6.45, 7) is 5.75. The van der Waals surface area contributed by atoms with E-state index < -0.39 is 0 Å². The van der Waals surface area contributed by atoms with Gasteiger partial charge in [-0.25, -0.2) is 0 Å². The molecule has 24 heavy (non-hydrogen) atoms. The first-order valence-electron chi connectivity index (χ1n) is 8.35. The Morgan fingerprint density at radius 3 is 2.50 bits per heavy atom. The maximum atomic E-state index is 12.5. The van der Waals surface area contributed by atoms with Gasteiger partial charge in [0.2, 0.25) is 17.7 Å². The van der Waals surface area contributed by atoms with E-state index in [-0.39, 0.29) is 30.1 Å². The monoisotopic (exact) mass is 329 g/mol. The third-order valence-electron chi connectivity index (χ3n) is 4.75. The van der Waals surface area contributed by atoms with Gasteiger partial charge in [-0.2, -0.15) is 0 Å². The molecule has 1 saturated heterocycles. The maximum absolute atomic E-state index is 12.5. The minimum atomic E-state index is -0.303. The Balaban J connectivity index is 1.72. The summed E-state index contributed by atoms with van der Waals surface area (Å²) in [5.74, 6) is -0.501. The molecule has 1 unspecified atom stereocenters. The Morgan fingerprint density at radius 2 is 1.88 bits per heavy atom. The van der Waals surface area contributed by atoms with Crippen LogP contribution in [0.25, 0.3) is 0 Å². The topological polar surface area (TPSA) is 78.5 Å². The molecular weight excluding hydrogens is 306 g/mol. The fourth-order valence-electron chi connectivity index (χ4n) is 3.23. The number of hydrogen-bond acceptors (Lipinski definition) is 3. The summed E-state index contributed by atoms with van der Waals surface area (Å²) in [4.78, 5) is 37.8. The van der Waals surface area contributed by atoms with Crippen molar-refractivity contribution in [2.24, 2.45) is 5.92 Å². The Morgan fingerprint density at radius 1 is 1.17 bits per heavy atom. The van der Waals surface area contributed by atoms with Crippen molar-refractivity contribution in [3.8, 4) is 0 Å². The number of nitrogens with zero attached hydrogens (tertiary/aromatic N) is 1. The minimum Gasteiger partial charge on any atom is -0.339 e. The van der Waals surface area contributed by atoms with Crippen LogP contribution in [0.15, 0.2) is 12.1 Å². The number of nitrogens with one attached hydrogen (secondary N) is 2. The summed E-state index contributed by atoms with van der Waals surface area (Å²) in [7, 11) is 0. The van der Waals surface area contributed by atoms with Gasteiger partial charge in [0.05, 0.1) is 5.92 Å². The van der Waals surface area contributed by atoms with Crippen LogP contribution < -0.4 is 10.6 Å². The van der Waals surface area contributed by atoms with Crippen LogP contribution in [0, 0.1) is 19.8 Å². The van der Waals surface area contributed by atoms with Crippen molar-refractivity contribution in [1.82, 2.24) is 4.90 Å². The largest absolute Gasteiger partial charge is 0.339 e.